The topological polar surface area (TPSA) is 72.0 Å². The van der Waals surface area contributed by atoms with Crippen LogP contribution in [0.1, 0.15) is 11.4 Å². The summed E-state index contributed by atoms with van der Waals surface area (Å²) in [7, 11) is -3.67. The molecule has 0 aliphatic heterocycles. The number of aromatic nitrogens is 2. The maximum atomic E-state index is 12.7. The molecule has 1 aromatic heterocycles. The van der Waals surface area contributed by atoms with Crippen LogP contribution in [0.15, 0.2) is 41.6 Å². The lowest BCUT2D eigenvalue weighted by atomic mass is 10.3. The minimum absolute atomic E-state index is 0.0136. The maximum Gasteiger partial charge on any atom is 0.240 e. The summed E-state index contributed by atoms with van der Waals surface area (Å²) in [6.07, 6.45) is 1.37. The van der Waals surface area contributed by atoms with Gasteiger partial charge in [-0.2, -0.15) is 0 Å². The van der Waals surface area contributed by atoms with Gasteiger partial charge >= 0.3 is 0 Å². The highest BCUT2D eigenvalue weighted by molar-refractivity contribution is 7.89. The third-order valence-electron chi connectivity index (χ3n) is 2.43. The van der Waals surface area contributed by atoms with Crippen LogP contribution in [0.25, 0.3) is 0 Å². The van der Waals surface area contributed by atoms with Gasteiger partial charge in [0.25, 0.3) is 0 Å². The van der Waals surface area contributed by atoms with Gasteiger partial charge in [-0.3, -0.25) is 0 Å². The van der Waals surface area contributed by atoms with E-state index in [2.05, 4.69) is 14.7 Å². The molecule has 0 aliphatic carbocycles. The number of rotatable bonds is 4. The second-order valence-corrected chi connectivity index (χ2v) is 5.70. The Kier molecular flexibility index (Phi) is 3.87. The van der Waals surface area contributed by atoms with Crippen LogP contribution in [0, 0.1) is 12.7 Å². The zero-order valence-corrected chi connectivity index (χ0v) is 11.0. The Morgan fingerprint density at radius 2 is 1.89 bits per heavy atom. The lowest BCUT2D eigenvalue weighted by Crippen LogP contribution is -2.23. The van der Waals surface area contributed by atoms with Crippen LogP contribution in [0.5, 0.6) is 0 Å². The molecule has 5 nitrogen and oxygen atoms in total. The smallest absolute Gasteiger partial charge is 0.240 e. The van der Waals surface area contributed by atoms with Gasteiger partial charge < -0.3 is 0 Å². The summed E-state index contributed by atoms with van der Waals surface area (Å²) >= 11 is 0. The molecule has 2 rings (SSSR count). The fourth-order valence-electron chi connectivity index (χ4n) is 1.47. The quantitative estimate of drug-likeness (QED) is 0.919. The summed E-state index contributed by atoms with van der Waals surface area (Å²) < 4.78 is 39.0. The average molecular weight is 281 g/mol. The van der Waals surface area contributed by atoms with Crippen molar-refractivity contribution < 1.29 is 12.8 Å². The van der Waals surface area contributed by atoms with E-state index in [1.54, 1.807) is 13.0 Å². The van der Waals surface area contributed by atoms with E-state index in [-0.39, 0.29) is 11.4 Å². The van der Waals surface area contributed by atoms with E-state index in [1.165, 1.54) is 18.5 Å². The van der Waals surface area contributed by atoms with Crippen LogP contribution < -0.4 is 4.72 Å². The monoisotopic (exact) mass is 281 g/mol. The molecule has 19 heavy (non-hydrogen) atoms. The molecule has 0 fully saturated rings. The van der Waals surface area contributed by atoms with Crippen LogP contribution in [0.4, 0.5) is 4.39 Å². The van der Waals surface area contributed by atoms with Gasteiger partial charge in [0.15, 0.2) is 0 Å². The van der Waals surface area contributed by atoms with E-state index in [0.717, 1.165) is 17.8 Å². The van der Waals surface area contributed by atoms with E-state index in [9.17, 15) is 12.8 Å². The van der Waals surface area contributed by atoms with Gasteiger partial charge in [-0.25, -0.2) is 27.5 Å². The normalized spacial score (nSPS) is 11.5. The highest BCUT2D eigenvalue weighted by Crippen LogP contribution is 2.10. The molecule has 1 heterocycles. The first kappa shape index (κ1) is 13.6. The molecule has 0 spiro atoms. The molecule has 0 amide bonds. The minimum atomic E-state index is -3.67. The van der Waals surface area contributed by atoms with Crippen molar-refractivity contribution in [2.45, 2.75) is 18.4 Å². The summed E-state index contributed by atoms with van der Waals surface area (Å²) in [5, 5.41) is 0. The second-order valence-electron chi connectivity index (χ2n) is 3.93. The summed E-state index contributed by atoms with van der Waals surface area (Å²) in [6, 6.07) is 6.31. The van der Waals surface area contributed by atoms with Crippen LogP contribution in [-0.4, -0.2) is 18.4 Å². The van der Waals surface area contributed by atoms with E-state index >= 15 is 0 Å². The molecule has 0 bridgehead atoms. The zero-order valence-electron chi connectivity index (χ0n) is 10.2. The fraction of sp³-hybridized carbons (Fsp3) is 0.167. The van der Waals surface area contributed by atoms with Crippen molar-refractivity contribution in [1.82, 2.24) is 14.7 Å². The lowest BCUT2D eigenvalue weighted by molar-refractivity contribution is 0.579. The van der Waals surface area contributed by atoms with Gasteiger partial charge in [0.05, 0.1) is 17.1 Å². The average Bonchev–Trinajstić information content (AvgIpc) is 2.37. The van der Waals surface area contributed by atoms with Crippen LogP contribution in [0.3, 0.4) is 0 Å². The molecule has 0 radical (unpaired) electrons. The first-order valence-electron chi connectivity index (χ1n) is 5.50. The number of aryl methyl sites for hydroxylation is 1. The molecule has 1 aromatic carbocycles. The first-order chi connectivity index (χ1) is 8.97. The molecule has 100 valence electrons. The molecule has 0 atom stereocenters. The highest BCUT2D eigenvalue weighted by atomic mass is 32.2. The first-order valence-corrected chi connectivity index (χ1v) is 6.98. The van der Waals surface area contributed by atoms with Crippen molar-refractivity contribution >= 4 is 10.0 Å². The Labute approximate surface area is 110 Å². The summed E-state index contributed by atoms with van der Waals surface area (Å²) in [4.78, 5) is 7.89. The van der Waals surface area contributed by atoms with E-state index in [4.69, 9.17) is 0 Å². The molecular formula is C12H12FN3O2S. The highest BCUT2D eigenvalue weighted by Gasteiger charge is 2.13. The molecule has 7 heteroatoms. The summed E-state index contributed by atoms with van der Waals surface area (Å²) in [6.45, 7) is 1.85. The number of sulfonamides is 1. The summed E-state index contributed by atoms with van der Waals surface area (Å²) in [5.74, 6) is -0.481. The molecule has 0 saturated carbocycles. The van der Waals surface area contributed by atoms with Crippen LogP contribution >= 0.6 is 0 Å². The van der Waals surface area contributed by atoms with E-state index < -0.39 is 15.8 Å². The number of halogens is 1. The number of nitrogens with zero attached hydrogens (tertiary/aromatic N) is 2. The van der Waals surface area contributed by atoms with Crippen molar-refractivity contribution in [3.8, 4) is 0 Å². The van der Waals surface area contributed by atoms with Crippen molar-refractivity contribution in [2.24, 2.45) is 0 Å². The van der Waals surface area contributed by atoms with Gasteiger partial charge in [0, 0.05) is 5.69 Å². The largest absolute Gasteiger partial charge is 0.242 e. The van der Waals surface area contributed by atoms with E-state index in [0.29, 0.717) is 5.69 Å². The molecule has 0 unspecified atom stereocenters. The fourth-order valence-corrected chi connectivity index (χ4v) is 2.47. The SMILES string of the molecule is Cc1cc(CNS(=O)(=O)c2ccc(F)cc2)ncn1. The van der Waals surface area contributed by atoms with Gasteiger partial charge in [-0.15, -0.1) is 0 Å². The van der Waals surface area contributed by atoms with Gasteiger partial charge in [0.2, 0.25) is 10.0 Å². The summed E-state index contributed by atoms with van der Waals surface area (Å²) in [5.41, 5.74) is 1.32. The Bertz CT molecular complexity index is 672. The number of hydrogen-bond acceptors (Lipinski definition) is 4. The minimum Gasteiger partial charge on any atom is -0.242 e. The van der Waals surface area contributed by atoms with Gasteiger partial charge in [-0.1, -0.05) is 0 Å². The van der Waals surface area contributed by atoms with Crippen molar-refractivity contribution in [3.63, 3.8) is 0 Å². The molecule has 1 N–H and O–H groups in total. The molecule has 2 aromatic rings. The Balaban J connectivity index is 2.12. The van der Waals surface area contributed by atoms with Crippen molar-refractivity contribution in [3.05, 3.63) is 53.9 Å². The van der Waals surface area contributed by atoms with Gasteiger partial charge in [-0.05, 0) is 37.3 Å². The van der Waals surface area contributed by atoms with Crippen molar-refractivity contribution in [2.75, 3.05) is 0 Å². The second kappa shape index (κ2) is 5.41. The maximum absolute atomic E-state index is 12.7. The standard InChI is InChI=1S/C12H12FN3O2S/c1-9-6-11(15-8-14-9)7-16-19(17,18)12-4-2-10(13)3-5-12/h2-6,8,16H,7H2,1H3. The number of nitrogens with one attached hydrogen (secondary N) is 1. The lowest BCUT2D eigenvalue weighted by Gasteiger charge is -2.06. The predicted molar refractivity (Wildman–Crippen MR) is 67.2 cm³/mol. The Morgan fingerprint density at radius 3 is 2.53 bits per heavy atom. The molecule has 0 saturated heterocycles. The van der Waals surface area contributed by atoms with Crippen LogP contribution in [-0.2, 0) is 16.6 Å². The number of benzene rings is 1. The third-order valence-corrected chi connectivity index (χ3v) is 3.84. The zero-order chi connectivity index (χ0) is 13.9. The Morgan fingerprint density at radius 1 is 1.21 bits per heavy atom. The van der Waals surface area contributed by atoms with Gasteiger partial charge in [0.1, 0.15) is 12.1 Å². The molecular weight excluding hydrogens is 269 g/mol. The number of hydrogen-bond donors (Lipinski definition) is 1. The third kappa shape index (κ3) is 3.55. The van der Waals surface area contributed by atoms with E-state index in [1.807, 2.05) is 0 Å². The van der Waals surface area contributed by atoms with Crippen molar-refractivity contribution in [1.29, 1.82) is 0 Å². The Hall–Kier alpha value is -1.86. The molecule has 0 aliphatic rings. The van der Waals surface area contributed by atoms with Crippen LogP contribution in [0.2, 0.25) is 0 Å². The predicted octanol–water partition coefficient (Wildman–Crippen LogP) is 1.40.